The third-order valence-corrected chi connectivity index (χ3v) is 5.00. The van der Waals surface area contributed by atoms with Crippen LogP contribution >= 0.6 is 0 Å². The Bertz CT molecular complexity index is 833. The van der Waals surface area contributed by atoms with Crippen LogP contribution in [-0.2, 0) is 10.0 Å². The molecule has 0 radical (unpaired) electrons. The van der Waals surface area contributed by atoms with E-state index in [0.717, 1.165) is 6.42 Å². The molecule has 0 fully saturated rings. The lowest BCUT2D eigenvalue weighted by molar-refractivity contribution is 0.0696. The van der Waals surface area contributed by atoms with Gasteiger partial charge >= 0.3 is 5.97 Å². The minimum absolute atomic E-state index is 0.0807. The van der Waals surface area contributed by atoms with E-state index in [1.54, 1.807) is 30.3 Å². The van der Waals surface area contributed by atoms with Crippen LogP contribution in [0.15, 0.2) is 53.4 Å². The van der Waals surface area contributed by atoms with Gasteiger partial charge < -0.3 is 10.4 Å². The van der Waals surface area contributed by atoms with Crippen molar-refractivity contribution in [1.82, 2.24) is 0 Å². The minimum atomic E-state index is -3.93. The molecule has 2 aromatic rings. The van der Waals surface area contributed by atoms with Crippen molar-refractivity contribution in [2.24, 2.45) is 5.92 Å². The zero-order valence-corrected chi connectivity index (χ0v) is 15.0. The Labute approximate surface area is 147 Å². The number of carbonyl (C=O) groups is 1. The summed E-state index contributed by atoms with van der Waals surface area (Å²) in [6, 6.07) is 12.5. The number of nitrogens with one attached hydrogen (secondary N) is 2. The molecule has 0 saturated carbocycles. The molecule has 134 valence electrons. The summed E-state index contributed by atoms with van der Waals surface area (Å²) in [5, 5.41) is 12.3. The van der Waals surface area contributed by atoms with Gasteiger partial charge in [-0.15, -0.1) is 0 Å². The highest BCUT2D eigenvalue weighted by Crippen LogP contribution is 2.25. The van der Waals surface area contributed by atoms with Crippen molar-refractivity contribution in [3.05, 3.63) is 54.1 Å². The maximum absolute atomic E-state index is 12.8. The molecule has 2 rings (SSSR count). The number of para-hydroxylation sites is 1. The molecule has 7 heteroatoms. The number of hydrogen-bond acceptors (Lipinski definition) is 4. The first-order valence-corrected chi connectivity index (χ1v) is 9.47. The maximum Gasteiger partial charge on any atom is 0.335 e. The van der Waals surface area contributed by atoms with Crippen molar-refractivity contribution in [2.75, 3.05) is 16.6 Å². The molecule has 0 saturated heterocycles. The molecule has 0 unspecified atom stereocenters. The Kier molecular flexibility index (Phi) is 6.03. The standard InChI is InChI=1S/C18H22N2O4S/c1-13(2)10-11-19-16-9-8-14(18(21)22)12-17(16)25(23,24)20-15-6-4-3-5-7-15/h3-9,12-13,19-20H,10-11H2,1-2H3,(H,21,22). The summed E-state index contributed by atoms with van der Waals surface area (Å²) in [5.41, 5.74) is 0.716. The van der Waals surface area contributed by atoms with Crippen molar-refractivity contribution in [2.45, 2.75) is 25.2 Å². The second-order valence-corrected chi connectivity index (χ2v) is 7.75. The monoisotopic (exact) mass is 362 g/mol. The van der Waals surface area contributed by atoms with Crippen molar-refractivity contribution in [3.8, 4) is 0 Å². The van der Waals surface area contributed by atoms with Gasteiger partial charge in [0, 0.05) is 12.2 Å². The van der Waals surface area contributed by atoms with Crippen LogP contribution in [0.2, 0.25) is 0 Å². The predicted octanol–water partition coefficient (Wildman–Crippen LogP) is 3.64. The molecule has 25 heavy (non-hydrogen) atoms. The average Bonchev–Trinajstić information content (AvgIpc) is 2.55. The van der Waals surface area contributed by atoms with Crippen LogP contribution in [0.5, 0.6) is 0 Å². The molecule has 3 N–H and O–H groups in total. The molecule has 6 nitrogen and oxygen atoms in total. The molecular weight excluding hydrogens is 340 g/mol. The Hall–Kier alpha value is -2.54. The molecular formula is C18H22N2O4S. The predicted molar refractivity (Wildman–Crippen MR) is 98.6 cm³/mol. The lowest BCUT2D eigenvalue weighted by Gasteiger charge is -2.15. The van der Waals surface area contributed by atoms with Gasteiger partial charge in [0.05, 0.1) is 11.3 Å². The van der Waals surface area contributed by atoms with E-state index in [4.69, 9.17) is 5.11 Å². The fourth-order valence-corrected chi connectivity index (χ4v) is 3.50. The second kappa shape index (κ2) is 8.02. The van der Waals surface area contributed by atoms with E-state index in [2.05, 4.69) is 23.9 Å². The Morgan fingerprint density at radius 3 is 2.40 bits per heavy atom. The molecule has 0 bridgehead atoms. The highest BCUT2D eigenvalue weighted by Gasteiger charge is 2.21. The van der Waals surface area contributed by atoms with E-state index in [0.29, 0.717) is 23.8 Å². The topological polar surface area (TPSA) is 95.5 Å². The van der Waals surface area contributed by atoms with Crippen LogP contribution in [-0.4, -0.2) is 26.0 Å². The van der Waals surface area contributed by atoms with Gasteiger partial charge in [-0.2, -0.15) is 0 Å². The van der Waals surface area contributed by atoms with E-state index in [1.165, 1.54) is 18.2 Å². The zero-order chi connectivity index (χ0) is 18.4. The Morgan fingerprint density at radius 2 is 1.80 bits per heavy atom. The Balaban J connectivity index is 2.37. The highest BCUT2D eigenvalue weighted by atomic mass is 32.2. The summed E-state index contributed by atoms with van der Waals surface area (Å²) in [6.45, 7) is 4.74. The molecule has 0 aliphatic rings. The van der Waals surface area contributed by atoms with Crippen LogP contribution < -0.4 is 10.0 Å². The first-order chi connectivity index (χ1) is 11.8. The number of rotatable bonds is 8. The lowest BCUT2D eigenvalue weighted by atomic mass is 10.1. The van der Waals surface area contributed by atoms with E-state index in [1.807, 2.05) is 0 Å². The van der Waals surface area contributed by atoms with Gasteiger partial charge in [0.2, 0.25) is 0 Å². The van der Waals surface area contributed by atoms with Crippen LogP contribution in [0.4, 0.5) is 11.4 Å². The van der Waals surface area contributed by atoms with E-state index in [9.17, 15) is 13.2 Å². The number of carboxylic acid groups (broad SMARTS) is 1. The smallest absolute Gasteiger partial charge is 0.335 e. The first kappa shape index (κ1) is 18.8. The van der Waals surface area contributed by atoms with Gasteiger partial charge in [-0.1, -0.05) is 32.0 Å². The van der Waals surface area contributed by atoms with E-state index >= 15 is 0 Å². The van der Waals surface area contributed by atoms with Gasteiger partial charge in [-0.3, -0.25) is 4.72 Å². The highest BCUT2D eigenvalue weighted by molar-refractivity contribution is 7.92. The second-order valence-electron chi connectivity index (χ2n) is 6.10. The molecule has 0 aliphatic heterocycles. The summed E-state index contributed by atoms with van der Waals surface area (Å²) >= 11 is 0. The summed E-state index contributed by atoms with van der Waals surface area (Å²) in [6.07, 6.45) is 0.867. The van der Waals surface area contributed by atoms with E-state index in [-0.39, 0.29) is 10.5 Å². The van der Waals surface area contributed by atoms with Gasteiger partial charge in [0.25, 0.3) is 10.0 Å². The third kappa shape index (κ3) is 5.22. The average molecular weight is 362 g/mol. The van der Waals surface area contributed by atoms with Gasteiger partial charge in [0.15, 0.2) is 0 Å². The van der Waals surface area contributed by atoms with Crippen LogP contribution in [0.3, 0.4) is 0 Å². The van der Waals surface area contributed by atoms with Crippen molar-refractivity contribution in [3.63, 3.8) is 0 Å². The number of anilines is 2. The number of sulfonamides is 1. The van der Waals surface area contributed by atoms with Crippen LogP contribution in [0, 0.1) is 5.92 Å². The van der Waals surface area contributed by atoms with Gasteiger partial charge in [-0.05, 0) is 42.7 Å². The Morgan fingerprint density at radius 1 is 1.12 bits per heavy atom. The quantitative estimate of drug-likeness (QED) is 0.666. The van der Waals surface area contributed by atoms with Crippen LogP contribution in [0.1, 0.15) is 30.6 Å². The van der Waals surface area contributed by atoms with Crippen molar-refractivity contribution >= 4 is 27.4 Å². The fourth-order valence-electron chi connectivity index (χ4n) is 2.24. The summed E-state index contributed by atoms with van der Waals surface area (Å²) in [7, 11) is -3.93. The largest absolute Gasteiger partial charge is 0.478 e. The van der Waals surface area contributed by atoms with Gasteiger partial charge in [-0.25, -0.2) is 13.2 Å². The molecule has 0 aromatic heterocycles. The summed E-state index contributed by atoms with van der Waals surface area (Å²) in [5.74, 6) is -0.710. The number of carboxylic acids is 1. The number of aromatic carboxylic acids is 1. The maximum atomic E-state index is 12.8. The van der Waals surface area contributed by atoms with Crippen LogP contribution in [0.25, 0.3) is 0 Å². The number of benzene rings is 2. The molecule has 0 aliphatic carbocycles. The van der Waals surface area contributed by atoms with Crippen molar-refractivity contribution in [1.29, 1.82) is 0 Å². The van der Waals surface area contributed by atoms with E-state index < -0.39 is 16.0 Å². The summed E-state index contributed by atoms with van der Waals surface area (Å²) in [4.78, 5) is 11.1. The normalized spacial score (nSPS) is 11.3. The molecule has 0 spiro atoms. The van der Waals surface area contributed by atoms with Crippen molar-refractivity contribution < 1.29 is 18.3 Å². The molecule has 0 amide bonds. The SMILES string of the molecule is CC(C)CCNc1ccc(C(=O)O)cc1S(=O)(=O)Nc1ccccc1. The number of hydrogen-bond donors (Lipinski definition) is 3. The lowest BCUT2D eigenvalue weighted by Crippen LogP contribution is -2.17. The third-order valence-electron chi connectivity index (χ3n) is 3.58. The minimum Gasteiger partial charge on any atom is -0.478 e. The summed E-state index contributed by atoms with van der Waals surface area (Å²) < 4.78 is 28.0. The molecule has 0 heterocycles. The fraction of sp³-hybridized carbons (Fsp3) is 0.278. The van der Waals surface area contributed by atoms with Gasteiger partial charge in [0.1, 0.15) is 4.90 Å². The first-order valence-electron chi connectivity index (χ1n) is 7.98. The molecule has 2 aromatic carbocycles. The zero-order valence-electron chi connectivity index (χ0n) is 14.2. The molecule has 0 atom stereocenters.